The molecule has 0 spiro atoms. The van der Waals surface area contributed by atoms with Gasteiger partial charge in [0, 0.05) is 34.5 Å². The van der Waals surface area contributed by atoms with Crippen LogP contribution >= 0.6 is 22.9 Å². The van der Waals surface area contributed by atoms with Gasteiger partial charge in [-0.25, -0.2) is 15.1 Å². The Morgan fingerprint density at radius 2 is 2.02 bits per heavy atom. The minimum atomic E-state index is -4.22. The zero-order valence-electron chi connectivity index (χ0n) is 25.8. The number of rotatable bonds is 12. The fourth-order valence-electron chi connectivity index (χ4n) is 5.90. The third-order valence-corrected chi connectivity index (χ3v) is 10.4. The molecule has 2 aliphatic rings. The van der Waals surface area contributed by atoms with Crippen molar-refractivity contribution < 1.29 is 31.7 Å². The number of ether oxygens (including phenoxy) is 2. The lowest BCUT2D eigenvalue weighted by Crippen LogP contribution is -2.41. The van der Waals surface area contributed by atoms with Gasteiger partial charge in [-0.3, -0.25) is 13.8 Å². The quantitative estimate of drug-likeness (QED) is 0.183. The van der Waals surface area contributed by atoms with E-state index in [1.54, 1.807) is 0 Å². The number of aryl methyl sites for hydroxylation is 1. The Balaban J connectivity index is 1.35. The molecule has 3 heterocycles. The van der Waals surface area contributed by atoms with Crippen LogP contribution in [0.1, 0.15) is 76.0 Å². The van der Waals surface area contributed by atoms with Crippen molar-refractivity contribution in [3.05, 3.63) is 73.8 Å². The van der Waals surface area contributed by atoms with Crippen LogP contribution in [-0.2, 0) is 35.2 Å². The fraction of sp³-hybridized carbons (Fsp3) is 0.484. The highest BCUT2D eigenvalue weighted by molar-refractivity contribution is 7.84. The molecule has 5 N–H and O–H groups in total. The van der Waals surface area contributed by atoms with Gasteiger partial charge in [0.05, 0.1) is 23.7 Å². The first-order valence-electron chi connectivity index (χ1n) is 15.1. The summed E-state index contributed by atoms with van der Waals surface area (Å²) in [6.45, 7) is 6.01. The molecule has 0 radical (unpaired) electrons. The maximum Gasteiger partial charge on any atom is 0.333 e. The van der Waals surface area contributed by atoms with Crippen LogP contribution in [0.5, 0.6) is 0 Å². The smallest absolute Gasteiger partial charge is 0.333 e. The molecule has 1 aromatic carbocycles. The Hall–Kier alpha value is -2.98. The largest absolute Gasteiger partial charge is 0.461 e. The molecule has 6 atom stereocenters. The second kappa shape index (κ2) is 14.4. The lowest BCUT2D eigenvalue weighted by molar-refractivity contribution is -0.154. The summed E-state index contributed by atoms with van der Waals surface area (Å²) < 4.78 is 39.8. The Morgan fingerprint density at radius 1 is 1.24 bits per heavy atom. The van der Waals surface area contributed by atoms with Gasteiger partial charge in [0.15, 0.2) is 0 Å². The van der Waals surface area contributed by atoms with Gasteiger partial charge >= 0.3 is 16.3 Å². The third-order valence-electron chi connectivity index (χ3n) is 8.68. The van der Waals surface area contributed by atoms with Crippen LogP contribution in [0.4, 0.5) is 5.82 Å². The summed E-state index contributed by atoms with van der Waals surface area (Å²) in [5.74, 6) is -1.14. The van der Waals surface area contributed by atoms with E-state index in [2.05, 4.69) is 15.3 Å². The van der Waals surface area contributed by atoms with Gasteiger partial charge in [-0.2, -0.15) is 8.42 Å². The number of fused-ring (bicyclic) bond motifs is 1. The number of nitrogens with one attached hydrogen (secondary N) is 1. The number of halogens is 1. The van der Waals surface area contributed by atoms with Gasteiger partial charge in [0.25, 0.3) is 0 Å². The molecular weight excluding hydrogens is 654 g/mol. The predicted octanol–water partition coefficient (Wildman–Crippen LogP) is 4.09. The van der Waals surface area contributed by atoms with Gasteiger partial charge < -0.3 is 20.5 Å². The number of thiophene rings is 1. The van der Waals surface area contributed by atoms with Crippen LogP contribution in [-0.4, -0.2) is 61.5 Å². The summed E-state index contributed by atoms with van der Waals surface area (Å²) in [6.07, 6.45) is 3.89. The van der Waals surface area contributed by atoms with Gasteiger partial charge in [0.1, 0.15) is 30.4 Å². The standard InChI is InChI=1S/C31H38ClN5O7S2/c1-4-16(2)27(33)31(39)44-25-11-21(9-19(25)14-43-46(34,40)41)37-30-24(13-35-15-36-30)28(38)26-12-22(17(3)45-26)29-23-10-20(32)6-5-18(23)7-8-42-29/h5-6,10,12-13,15-16,19,21,25,27,29H,4,7-9,11,14,33H2,1-3H3,(H2,34,40,41)(H,35,36,37)/t16-,19+,21+,25-,27-,29?/m0/s1. The van der Waals surface area contributed by atoms with E-state index >= 15 is 0 Å². The number of nitrogens with zero attached hydrogens (tertiary/aromatic N) is 2. The lowest BCUT2D eigenvalue weighted by atomic mass is 9.93. The number of ketones is 1. The number of carbonyl (C=O) groups excluding carboxylic acids is 2. The maximum absolute atomic E-state index is 13.9. The molecule has 248 valence electrons. The zero-order chi connectivity index (χ0) is 33.2. The molecule has 1 aliphatic heterocycles. The minimum Gasteiger partial charge on any atom is -0.461 e. The van der Waals surface area contributed by atoms with Crippen molar-refractivity contribution in [3.63, 3.8) is 0 Å². The van der Waals surface area contributed by atoms with E-state index in [0.29, 0.717) is 41.6 Å². The number of aromatic nitrogens is 2. The van der Waals surface area contributed by atoms with E-state index in [1.165, 1.54) is 23.9 Å². The second-order valence-electron chi connectivity index (χ2n) is 11.8. The molecular formula is C31H38ClN5O7S2. The van der Waals surface area contributed by atoms with E-state index < -0.39 is 34.3 Å². The molecule has 12 nitrogen and oxygen atoms in total. The van der Waals surface area contributed by atoms with Crippen LogP contribution in [0, 0.1) is 18.8 Å². The number of hydrogen-bond donors (Lipinski definition) is 3. The molecule has 1 fully saturated rings. The van der Waals surface area contributed by atoms with Crippen molar-refractivity contribution in [2.24, 2.45) is 22.7 Å². The molecule has 0 amide bonds. The van der Waals surface area contributed by atoms with Gasteiger partial charge in [-0.1, -0.05) is 37.9 Å². The molecule has 1 unspecified atom stereocenters. The summed E-state index contributed by atoms with van der Waals surface area (Å²) in [7, 11) is -4.22. The molecule has 15 heteroatoms. The van der Waals surface area contributed by atoms with Crippen molar-refractivity contribution in [2.45, 2.75) is 70.7 Å². The number of nitrogens with two attached hydrogens (primary N) is 2. The number of esters is 1. The first-order chi connectivity index (χ1) is 21.8. The van der Waals surface area contributed by atoms with Crippen molar-refractivity contribution in [3.8, 4) is 0 Å². The normalized spacial score (nSPS) is 22.6. The number of anilines is 1. The van der Waals surface area contributed by atoms with E-state index in [9.17, 15) is 18.0 Å². The average molecular weight is 692 g/mol. The van der Waals surface area contributed by atoms with Crippen LogP contribution in [0.25, 0.3) is 0 Å². The molecule has 1 aliphatic carbocycles. The molecule has 0 saturated heterocycles. The van der Waals surface area contributed by atoms with Crippen molar-refractivity contribution in [1.29, 1.82) is 0 Å². The molecule has 46 heavy (non-hydrogen) atoms. The highest BCUT2D eigenvalue weighted by Crippen LogP contribution is 2.39. The average Bonchev–Trinajstić information content (AvgIpc) is 3.60. The third kappa shape index (κ3) is 7.93. The predicted molar refractivity (Wildman–Crippen MR) is 174 cm³/mol. The Morgan fingerprint density at radius 3 is 2.76 bits per heavy atom. The Kier molecular flexibility index (Phi) is 10.8. The van der Waals surface area contributed by atoms with Gasteiger partial charge in [-0.15, -0.1) is 11.3 Å². The fourth-order valence-corrected chi connectivity index (χ4v) is 7.44. The molecule has 1 saturated carbocycles. The summed E-state index contributed by atoms with van der Waals surface area (Å²) in [6, 6.07) is 6.48. The minimum absolute atomic E-state index is 0.102. The summed E-state index contributed by atoms with van der Waals surface area (Å²) in [4.78, 5) is 36.6. The maximum atomic E-state index is 13.9. The number of benzene rings is 1. The van der Waals surface area contributed by atoms with Crippen molar-refractivity contribution in [1.82, 2.24) is 9.97 Å². The van der Waals surface area contributed by atoms with Gasteiger partial charge in [0.2, 0.25) is 5.78 Å². The summed E-state index contributed by atoms with van der Waals surface area (Å²) >= 11 is 7.67. The SMILES string of the molecule is CC[C@H](C)[C@H](N)C(=O)O[C@H]1C[C@H](Nc2ncncc2C(=O)c2cc(C3OCCc4ccc(Cl)cc43)c(C)s2)C[C@@H]1COS(N)(=O)=O. The number of carbonyl (C=O) groups is 2. The molecule has 0 bridgehead atoms. The number of hydrogen-bond acceptors (Lipinski definition) is 12. The van der Waals surface area contributed by atoms with Gasteiger partial charge in [-0.05, 0) is 60.6 Å². The first kappa shape index (κ1) is 34.4. The second-order valence-corrected chi connectivity index (χ2v) is 14.7. The Labute approximate surface area is 277 Å². The molecule has 3 aromatic rings. The summed E-state index contributed by atoms with van der Waals surface area (Å²) in [5, 5.41) is 8.98. The van der Waals surface area contributed by atoms with Crippen LogP contribution < -0.4 is 16.2 Å². The Bertz CT molecular complexity index is 1700. The van der Waals surface area contributed by atoms with E-state index in [0.717, 1.165) is 28.0 Å². The van der Waals surface area contributed by atoms with Crippen LogP contribution in [0.3, 0.4) is 0 Å². The van der Waals surface area contributed by atoms with Crippen molar-refractivity contribution >= 4 is 50.8 Å². The lowest BCUT2D eigenvalue weighted by Gasteiger charge is -2.26. The van der Waals surface area contributed by atoms with E-state index in [-0.39, 0.29) is 36.0 Å². The first-order valence-corrected chi connectivity index (χ1v) is 17.8. The van der Waals surface area contributed by atoms with E-state index in [4.69, 9.17) is 36.1 Å². The highest BCUT2D eigenvalue weighted by Gasteiger charge is 2.40. The van der Waals surface area contributed by atoms with Crippen molar-refractivity contribution in [2.75, 3.05) is 18.5 Å². The van der Waals surface area contributed by atoms with Crippen LogP contribution in [0.2, 0.25) is 5.02 Å². The van der Waals surface area contributed by atoms with E-state index in [1.807, 2.05) is 45.0 Å². The molecule has 5 rings (SSSR count). The highest BCUT2D eigenvalue weighted by atomic mass is 35.5. The zero-order valence-corrected chi connectivity index (χ0v) is 28.2. The monoisotopic (exact) mass is 691 g/mol. The van der Waals surface area contributed by atoms with Crippen LogP contribution in [0.15, 0.2) is 36.8 Å². The topological polar surface area (TPSA) is 186 Å². The molecule has 2 aromatic heterocycles. The summed E-state index contributed by atoms with van der Waals surface area (Å²) in [5.41, 5.74) is 9.41.